The molecule has 1 aliphatic carbocycles. The van der Waals surface area contributed by atoms with Crippen LogP contribution < -0.4 is 20.4 Å². The van der Waals surface area contributed by atoms with Gasteiger partial charge in [0.15, 0.2) is 17.3 Å². The molecule has 6 rings (SSSR count). The molecule has 0 bridgehead atoms. The van der Waals surface area contributed by atoms with Crippen LogP contribution in [-0.4, -0.2) is 94.0 Å². The fourth-order valence-corrected chi connectivity index (χ4v) is 6.15. The van der Waals surface area contributed by atoms with Gasteiger partial charge in [-0.05, 0) is 12.8 Å². The number of anilines is 2. The summed E-state index contributed by atoms with van der Waals surface area (Å²) < 4.78 is 37.5. The molecule has 1 aromatic carbocycles. The van der Waals surface area contributed by atoms with E-state index in [9.17, 15) is 19.2 Å². The average Bonchev–Trinajstić information content (AvgIpc) is 3.74. The Kier molecular flexibility index (Phi) is 7.78. The van der Waals surface area contributed by atoms with E-state index in [1.165, 1.54) is 18.0 Å². The standard InChI is InChI=1S/C29H32F2N8O5/c1-18(40)33-14-20-16-39(28(43)44-20)19-12-21(30)25(22(31)13-19)36-8-10-37(11-9-36)27(42)29(4-2-3-5-29)35-26(41)23-17-38-7-6-32-15-24(38)34-23/h6-7,12-13,15,17,20H,2-5,8-11,14,16H2,1H3,(H,33,40)(H,35,41). The van der Waals surface area contributed by atoms with Crippen molar-refractivity contribution in [3.05, 3.63) is 54.2 Å². The fraction of sp³-hybridized carbons (Fsp3) is 0.448. The lowest BCUT2D eigenvalue weighted by Gasteiger charge is -2.40. The zero-order valence-corrected chi connectivity index (χ0v) is 24.1. The second-order valence-electron chi connectivity index (χ2n) is 11.3. The quantitative estimate of drug-likeness (QED) is 0.413. The van der Waals surface area contributed by atoms with Gasteiger partial charge in [-0.25, -0.2) is 18.6 Å². The summed E-state index contributed by atoms with van der Waals surface area (Å²) in [4.78, 5) is 63.1. The van der Waals surface area contributed by atoms with Crippen molar-refractivity contribution in [1.82, 2.24) is 29.9 Å². The number of carbonyl (C=O) groups excluding carboxylic acids is 4. The summed E-state index contributed by atoms with van der Waals surface area (Å²) in [6.07, 6.45) is 7.52. The van der Waals surface area contributed by atoms with Gasteiger partial charge in [-0.15, -0.1) is 0 Å². The topological polar surface area (TPSA) is 141 Å². The molecule has 15 heteroatoms. The zero-order chi connectivity index (χ0) is 31.0. The fourth-order valence-electron chi connectivity index (χ4n) is 6.15. The normalized spacial score (nSPS) is 19.8. The van der Waals surface area contributed by atoms with Gasteiger partial charge < -0.3 is 29.6 Å². The Morgan fingerprint density at radius 1 is 1.09 bits per heavy atom. The van der Waals surface area contributed by atoms with Crippen LogP contribution in [0, 0.1) is 11.6 Å². The number of benzene rings is 1. The van der Waals surface area contributed by atoms with Crippen molar-refractivity contribution in [2.24, 2.45) is 0 Å². The monoisotopic (exact) mass is 610 g/mol. The smallest absolute Gasteiger partial charge is 0.414 e. The Morgan fingerprint density at radius 3 is 2.45 bits per heavy atom. The number of cyclic esters (lactones) is 1. The number of imidazole rings is 1. The van der Waals surface area contributed by atoms with Crippen LogP contribution in [0.4, 0.5) is 25.0 Å². The van der Waals surface area contributed by atoms with E-state index in [1.807, 2.05) is 0 Å². The molecular formula is C29H32F2N8O5. The summed E-state index contributed by atoms with van der Waals surface area (Å²) in [6, 6.07) is 2.16. The molecule has 4 amide bonds. The van der Waals surface area contributed by atoms with Crippen LogP contribution in [0.25, 0.3) is 5.65 Å². The number of nitrogens with zero attached hydrogens (tertiary/aromatic N) is 6. The van der Waals surface area contributed by atoms with E-state index < -0.39 is 35.3 Å². The zero-order valence-electron chi connectivity index (χ0n) is 24.1. The molecule has 3 fully saturated rings. The third kappa shape index (κ3) is 5.61. The van der Waals surface area contributed by atoms with Crippen LogP contribution in [0.1, 0.15) is 43.1 Å². The van der Waals surface area contributed by atoms with Crippen LogP contribution in [0.5, 0.6) is 0 Å². The summed E-state index contributed by atoms with van der Waals surface area (Å²) in [7, 11) is 0. The number of fused-ring (bicyclic) bond motifs is 1. The van der Waals surface area contributed by atoms with Crippen LogP contribution >= 0.6 is 0 Å². The molecular weight excluding hydrogens is 578 g/mol. The highest BCUT2D eigenvalue weighted by atomic mass is 19.1. The van der Waals surface area contributed by atoms with E-state index >= 15 is 8.78 Å². The predicted molar refractivity (Wildman–Crippen MR) is 153 cm³/mol. The Balaban J connectivity index is 1.11. The summed E-state index contributed by atoms with van der Waals surface area (Å²) >= 11 is 0. The summed E-state index contributed by atoms with van der Waals surface area (Å²) in [5.41, 5.74) is -0.614. The number of halogens is 2. The molecule has 13 nitrogen and oxygen atoms in total. The first kappa shape index (κ1) is 29.3. The van der Waals surface area contributed by atoms with E-state index in [2.05, 4.69) is 20.6 Å². The lowest BCUT2D eigenvalue weighted by Crippen LogP contribution is -2.61. The van der Waals surface area contributed by atoms with E-state index in [1.54, 1.807) is 27.9 Å². The van der Waals surface area contributed by atoms with E-state index in [4.69, 9.17) is 4.74 Å². The summed E-state index contributed by atoms with van der Waals surface area (Å²) in [6.45, 7) is 2.22. The Bertz CT molecular complexity index is 1560. The van der Waals surface area contributed by atoms with Crippen molar-refractivity contribution in [3.63, 3.8) is 0 Å². The molecule has 44 heavy (non-hydrogen) atoms. The van der Waals surface area contributed by atoms with E-state index in [-0.39, 0.29) is 68.2 Å². The molecule has 2 N–H and O–H groups in total. The first-order valence-corrected chi connectivity index (χ1v) is 14.5. The number of hydrogen-bond acceptors (Lipinski definition) is 8. The molecule has 232 valence electrons. The number of rotatable bonds is 7. The number of nitrogens with one attached hydrogen (secondary N) is 2. The third-order valence-corrected chi connectivity index (χ3v) is 8.37. The van der Waals surface area contributed by atoms with Crippen LogP contribution in [0.15, 0.2) is 36.9 Å². The predicted octanol–water partition coefficient (Wildman–Crippen LogP) is 1.86. The largest absolute Gasteiger partial charge is 0.442 e. The molecule has 2 aromatic heterocycles. The van der Waals surface area contributed by atoms with Gasteiger partial charge in [0.1, 0.15) is 23.0 Å². The van der Waals surface area contributed by atoms with Gasteiger partial charge in [0.2, 0.25) is 11.8 Å². The second kappa shape index (κ2) is 11.7. The third-order valence-electron chi connectivity index (χ3n) is 8.37. The maximum atomic E-state index is 15.3. The number of carbonyl (C=O) groups is 4. The van der Waals surface area contributed by atoms with Gasteiger partial charge in [0.05, 0.1) is 25.0 Å². The Labute approximate surface area is 251 Å². The van der Waals surface area contributed by atoms with Gasteiger partial charge in [-0.3, -0.25) is 24.3 Å². The molecule has 0 radical (unpaired) electrons. The number of hydrogen-bond donors (Lipinski definition) is 2. The molecule has 1 atom stereocenters. The van der Waals surface area contributed by atoms with Crippen molar-refractivity contribution >= 4 is 40.8 Å². The molecule has 1 unspecified atom stereocenters. The molecule has 0 spiro atoms. The molecule has 2 aliphatic heterocycles. The number of amides is 4. The van der Waals surface area contributed by atoms with Crippen molar-refractivity contribution < 1.29 is 32.7 Å². The maximum absolute atomic E-state index is 15.3. The first-order chi connectivity index (χ1) is 21.1. The summed E-state index contributed by atoms with van der Waals surface area (Å²) in [5.74, 6) is -2.64. The SMILES string of the molecule is CC(=O)NCC1CN(c2cc(F)c(N3CCN(C(=O)C4(NC(=O)c5cn6ccncc6n5)CCCC4)CC3)c(F)c2)C(=O)O1. The van der Waals surface area contributed by atoms with Gasteiger partial charge in [0, 0.05) is 63.8 Å². The average molecular weight is 611 g/mol. The number of ether oxygens (including phenoxy) is 1. The lowest BCUT2D eigenvalue weighted by atomic mass is 9.94. The lowest BCUT2D eigenvalue weighted by molar-refractivity contribution is -0.138. The minimum atomic E-state index is -1.08. The molecule has 3 aliphatic rings. The van der Waals surface area contributed by atoms with E-state index in [0.29, 0.717) is 18.5 Å². The van der Waals surface area contributed by atoms with Gasteiger partial charge in [-0.1, -0.05) is 12.8 Å². The van der Waals surface area contributed by atoms with Gasteiger partial charge >= 0.3 is 6.09 Å². The molecule has 4 heterocycles. The van der Waals surface area contributed by atoms with Crippen LogP contribution in [0.2, 0.25) is 0 Å². The Morgan fingerprint density at radius 2 is 1.80 bits per heavy atom. The highest BCUT2D eigenvalue weighted by Crippen LogP contribution is 2.34. The van der Waals surface area contributed by atoms with Crippen LogP contribution in [0.3, 0.4) is 0 Å². The van der Waals surface area contributed by atoms with Crippen molar-refractivity contribution in [1.29, 1.82) is 0 Å². The molecule has 2 saturated heterocycles. The highest BCUT2D eigenvalue weighted by molar-refractivity contribution is 5.98. The minimum absolute atomic E-state index is 0.00803. The Hall–Kier alpha value is -4.82. The van der Waals surface area contributed by atoms with Crippen molar-refractivity contribution in [2.45, 2.75) is 44.2 Å². The second-order valence-corrected chi connectivity index (χ2v) is 11.3. The maximum Gasteiger partial charge on any atom is 0.414 e. The number of piperazine rings is 1. The highest BCUT2D eigenvalue weighted by Gasteiger charge is 2.46. The first-order valence-electron chi connectivity index (χ1n) is 14.5. The minimum Gasteiger partial charge on any atom is -0.442 e. The molecule has 3 aromatic rings. The van der Waals surface area contributed by atoms with Gasteiger partial charge in [0.25, 0.3) is 5.91 Å². The van der Waals surface area contributed by atoms with Crippen molar-refractivity contribution in [2.75, 3.05) is 49.1 Å². The van der Waals surface area contributed by atoms with Crippen LogP contribution in [-0.2, 0) is 14.3 Å². The molecule has 1 saturated carbocycles. The van der Waals surface area contributed by atoms with Crippen molar-refractivity contribution in [3.8, 4) is 0 Å². The summed E-state index contributed by atoms with van der Waals surface area (Å²) in [5, 5.41) is 5.51. The van der Waals surface area contributed by atoms with Gasteiger partial charge in [-0.2, -0.15) is 0 Å². The number of aromatic nitrogens is 3. The van der Waals surface area contributed by atoms with E-state index in [0.717, 1.165) is 29.9 Å².